The van der Waals surface area contributed by atoms with Gasteiger partial charge in [-0.1, -0.05) is 26.0 Å². The monoisotopic (exact) mass is 185 g/mol. The van der Waals surface area contributed by atoms with Gasteiger partial charge in [0.2, 0.25) is 0 Å². The first kappa shape index (κ1) is 10.7. The molecular formula is C10H19NO2. The zero-order valence-electron chi connectivity index (χ0n) is 8.44. The molecule has 0 bridgehead atoms. The van der Waals surface area contributed by atoms with Gasteiger partial charge in [0.05, 0.1) is 12.2 Å². The Labute approximate surface area is 79.9 Å². The molecule has 0 unspecified atom stereocenters. The number of hydroxylamine groups is 2. The minimum atomic E-state index is -0.267. The fourth-order valence-electron chi connectivity index (χ4n) is 1.43. The second kappa shape index (κ2) is 5.37. The molecule has 0 radical (unpaired) electrons. The lowest BCUT2D eigenvalue weighted by molar-refractivity contribution is -0.182. The average molecular weight is 185 g/mol. The summed E-state index contributed by atoms with van der Waals surface area (Å²) in [4.78, 5) is 5.67. The highest BCUT2D eigenvalue weighted by molar-refractivity contribution is 4.99. The molecule has 0 saturated carbocycles. The summed E-state index contributed by atoms with van der Waals surface area (Å²) in [6, 6.07) is 0. The zero-order chi connectivity index (χ0) is 9.68. The molecular weight excluding hydrogens is 166 g/mol. The molecule has 0 aromatic heterocycles. The van der Waals surface area contributed by atoms with Gasteiger partial charge in [0.15, 0.2) is 0 Å². The van der Waals surface area contributed by atoms with Gasteiger partial charge < -0.3 is 5.11 Å². The van der Waals surface area contributed by atoms with E-state index in [0.29, 0.717) is 0 Å². The Morgan fingerprint density at radius 2 is 2.00 bits per heavy atom. The molecule has 3 nitrogen and oxygen atoms in total. The maximum Gasteiger partial charge on any atom is 0.0976 e. The Bertz CT molecular complexity index is 166. The first-order chi connectivity index (χ1) is 6.26. The zero-order valence-corrected chi connectivity index (χ0v) is 8.44. The lowest BCUT2D eigenvalue weighted by Gasteiger charge is -2.26. The molecule has 3 heteroatoms. The van der Waals surface area contributed by atoms with Crippen LogP contribution in [0.1, 0.15) is 26.7 Å². The van der Waals surface area contributed by atoms with Gasteiger partial charge in [-0.2, -0.15) is 5.06 Å². The Kier molecular flexibility index (Phi) is 4.42. The fraction of sp³-hybridized carbons (Fsp3) is 0.800. The lowest BCUT2D eigenvalue weighted by Crippen LogP contribution is -2.30. The molecule has 13 heavy (non-hydrogen) atoms. The largest absolute Gasteiger partial charge is 0.389 e. The summed E-state index contributed by atoms with van der Waals surface area (Å²) < 4.78 is 0. The van der Waals surface area contributed by atoms with E-state index >= 15 is 0 Å². The Morgan fingerprint density at radius 1 is 1.31 bits per heavy atom. The van der Waals surface area contributed by atoms with Crippen LogP contribution >= 0.6 is 0 Å². The van der Waals surface area contributed by atoms with Gasteiger partial charge in [0, 0.05) is 13.1 Å². The fourth-order valence-corrected chi connectivity index (χ4v) is 1.43. The van der Waals surface area contributed by atoms with E-state index in [-0.39, 0.29) is 12.2 Å². The molecule has 1 rings (SSSR count). The average Bonchev–Trinajstić information content (AvgIpc) is 2.17. The van der Waals surface area contributed by atoms with Crippen LogP contribution in [-0.2, 0) is 4.84 Å². The van der Waals surface area contributed by atoms with Gasteiger partial charge in [-0.15, -0.1) is 0 Å². The summed E-state index contributed by atoms with van der Waals surface area (Å²) in [5.74, 6) is 0. The SMILES string of the molecule is CCN(CC)O[C@@H]1C=C[C@H](O)CC1. The van der Waals surface area contributed by atoms with Crippen molar-refractivity contribution in [2.24, 2.45) is 0 Å². The van der Waals surface area contributed by atoms with Gasteiger partial charge in [0.1, 0.15) is 0 Å². The van der Waals surface area contributed by atoms with Crippen molar-refractivity contribution in [3.8, 4) is 0 Å². The highest BCUT2D eigenvalue weighted by Gasteiger charge is 2.16. The third kappa shape index (κ3) is 3.46. The molecule has 2 atom stereocenters. The molecule has 0 aromatic carbocycles. The van der Waals surface area contributed by atoms with Gasteiger partial charge in [-0.05, 0) is 12.8 Å². The van der Waals surface area contributed by atoms with Crippen molar-refractivity contribution >= 4 is 0 Å². The molecule has 0 spiro atoms. The van der Waals surface area contributed by atoms with Gasteiger partial charge in [-0.3, -0.25) is 4.84 Å². The molecule has 76 valence electrons. The van der Waals surface area contributed by atoms with Gasteiger partial charge in [-0.25, -0.2) is 0 Å². The first-order valence-corrected chi connectivity index (χ1v) is 5.04. The second-order valence-corrected chi connectivity index (χ2v) is 3.29. The van der Waals surface area contributed by atoms with Crippen molar-refractivity contribution in [1.82, 2.24) is 5.06 Å². The van der Waals surface area contributed by atoms with E-state index in [2.05, 4.69) is 13.8 Å². The first-order valence-electron chi connectivity index (χ1n) is 5.04. The molecule has 0 aliphatic heterocycles. The summed E-state index contributed by atoms with van der Waals surface area (Å²) in [5.41, 5.74) is 0. The predicted molar refractivity (Wildman–Crippen MR) is 52.2 cm³/mol. The van der Waals surface area contributed by atoms with Crippen LogP contribution in [0.3, 0.4) is 0 Å². The van der Waals surface area contributed by atoms with Crippen LogP contribution in [0.5, 0.6) is 0 Å². The van der Waals surface area contributed by atoms with Gasteiger partial charge >= 0.3 is 0 Å². The number of hydrogen-bond donors (Lipinski definition) is 1. The van der Waals surface area contributed by atoms with Crippen molar-refractivity contribution in [2.45, 2.75) is 38.9 Å². The van der Waals surface area contributed by atoms with Crippen molar-refractivity contribution in [1.29, 1.82) is 0 Å². The van der Waals surface area contributed by atoms with E-state index in [1.807, 2.05) is 17.2 Å². The predicted octanol–water partition coefficient (Wildman–Crippen LogP) is 1.34. The van der Waals surface area contributed by atoms with Crippen LogP contribution < -0.4 is 0 Å². The summed E-state index contributed by atoms with van der Waals surface area (Å²) >= 11 is 0. The summed E-state index contributed by atoms with van der Waals surface area (Å²) in [5, 5.41) is 11.2. The maximum atomic E-state index is 9.22. The third-order valence-corrected chi connectivity index (χ3v) is 2.28. The maximum absolute atomic E-state index is 9.22. The third-order valence-electron chi connectivity index (χ3n) is 2.28. The number of aliphatic hydroxyl groups is 1. The van der Waals surface area contributed by atoms with Crippen LogP contribution in [0.2, 0.25) is 0 Å². The van der Waals surface area contributed by atoms with E-state index in [4.69, 9.17) is 4.84 Å². The quantitative estimate of drug-likeness (QED) is 0.530. The standard InChI is InChI=1S/C10H19NO2/c1-3-11(4-2)13-10-7-5-9(12)6-8-10/h5,7,9-10,12H,3-4,6,8H2,1-2H3/t9-,10+/m0/s1. The highest BCUT2D eigenvalue weighted by atomic mass is 16.7. The molecule has 1 aliphatic carbocycles. The normalized spacial score (nSPS) is 28.3. The van der Waals surface area contributed by atoms with Crippen molar-refractivity contribution in [2.75, 3.05) is 13.1 Å². The Morgan fingerprint density at radius 3 is 2.46 bits per heavy atom. The van der Waals surface area contributed by atoms with E-state index in [1.54, 1.807) is 0 Å². The topological polar surface area (TPSA) is 32.7 Å². The van der Waals surface area contributed by atoms with E-state index in [9.17, 15) is 5.11 Å². The number of hydrogen-bond acceptors (Lipinski definition) is 3. The van der Waals surface area contributed by atoms with Gasteiger partial charge in [0.25, 0.3) is 0 Å². The molecule has 0 heterocycles. The summed E-state index contributed by atoms with van der Waals surface area (Å²) in [6.45, 7) is 5.96. The summed E-state index contributed by atoms with van der Waals surface area (Å²) in [7, 11) is 0. The minimum Gasteiger partial charge on any atom is -0.389 e. The lowest BCUT2D eigenvalue weighted by atomic mass is 10.0. The summed E-state index contributed by atoms with van der Waals surface area (Å²) in [6.07, 6.45) is 5.38. The van der Waals surface area contributed by atoms with Crippen LogP contribution in [0.4, 0.5) is 0 Å². The Balaban J connectivity index is 2.32. The van der Waals surface area contributed by atoms with Crippen LogP contribution in [0.25, 0.3) is 0 Å². The minimum absolute atomic E-state index is 0.156. The van der Waals surface area contributed by atoms with Crippen LogP contribution in [0, 0.1) is 0 Å². The molecule has 1 N–H and O–H groups in total. The smallest absolute Gasteiger partial charge is 0.0976 e. The second-order valence-electron chi connectivity index (χ2n) is 3.29. The number of aliphatic hydroxyl groups excluding tert-OH is 1. The Hall–Kier alpha value is -0.380. The highest BCUT2D eigenvalue weighted by Crippen LogP contribution is 2.15. The van der Waals surface area contributed by atoms with E-state index in [1.165, 1.54) is 0 Å². The van der Waals surface area contributed by atoms with Crippen LogP contribution in [0.15, 0.2) is 12.2 Å². The van der Waals surface area contributed by atoms with Crippen molar-refractivity contribution < 1.29 is 9.94 Å². The van der Waals surface area contributed by atoms with Crippen molar-refractivity contribution in [3.05, 3.63) is 12.2 Å². The molecule has 1 aliphatic rings. The van der Waals surface area contributed by atoms with E-state index < -0.39 is 0 Å². The molecule has 0 aromatic rings. The van der Waals surface area contributed by atoms with E-state index in [0.717, 1.165) is 25.9 Å². The van der Waals surface area contributed by atoms with Crippen molar-refractivity contribution in [3.63, 3.8) is 0 Å². The molecule has 0 saturated heterocycles. The molecule has 0 fully saturated rings. The number of rotatable bonds is 4. The molecule has 0 amide bonds. The van der Waals surface area contributed by atoms with Crippen LogP contribution in [-0.4, -0.2) is 35.5 Å². The number of nitrogens with zero attached hydrogens (tertiary/aromatic N) is 1.